The molecule has 0 atom stereocenters. The molecule has 6 nitrogen and oxygen atoms in total. The summed E-state index contributed by atoms with van der Waals surface area (Å²) in [5.41, 5.74) is 3.44. The van der Waals surface area contributed by atoms with Crippen LogP contribution in [0.5, 0.6) is 0 Å². The van der Waals surface area contributed by atoms with Gasteiger partial charge >= 0.3 is 0 Å². The van der Waals surface area contributed by atoms with Crippen LogP contribution in [0.1, 0.15) is 41.5 Å². The summed E-state index contributed by atoms with van der Waals surface area (Å²) in [6.07, 6.45) is 0. The molecule has 6 heteroatoms. The average molecular weight is 274 g/mol. The summed E-state index contributed by atoms with van der Waals surface area (Å²) in [5, 5.41) is 0. The molecule has 0 aromatic rings. The first kappa shape index (κ1) is 17.9. The number of amides is 2. The van der Waals surface area contributed by atoms with Crippen molar-refractivity contribution in [2.75, 3.05) is 13.2 Å². The molecule has 0 fully saturated rings. The van der Waals surface area contributed by atoms with Crippen molar-refractivity contribution in [3.05, 3.63) is 0 Å². The zero-order valence-corrected chi connectivity index (χ0v) is 12.7. The number of carbonyl (C=O) groups is 2. The predicted molar refractivity (Wildman–Crippen MR) is 71.6 cm³/mol. The molecule has 0 bridgehead atoms. The van der Waals surface area contributed by atoms with Gasteiger partial charge in [-0.25, -0.2) is 11.0 Å². The first-order valence-corrected chi connectivity index (χ1v) is 6.69. The molecule has 0 aliphatic carbocycles. The lowest BCUT2D eigenvalue weighted by molar-refractivity contribution is -0.165. The molecule has 2 N–H and O–H groups in total. The Morgan fingerprint density at radius 1 is 0.895 bits per heavy atom. The maximum atomic E-state index is 12.4. The molecule has 0 spiro atoms. The topological polar surface area (TPSA) is 76.7 Å². The van der Waals surface area contributed by atoms with E-state index in [4.69, 9.17) is 9.68 Å². The largest absolute Gasteiger partial charge is 0.274 e. The van der Waals surface area contributed by atoms with E-state index in [9.17, 15) is 9.59 Å². The summed E-state index contributed by atoms with van der Waals surface area (Å²) in [4.78, 5) is 34.6. The van der Waals surface area contributed by atoms with Gasteiger partial charge in [-0.1, -0.05) is 27.7 Å². The molecule has 0 aliphatic heterocycles. The van der Waals surface area contributed by atoms with Gasteiger partial charge in [0.25, 0.3) is 11.8 Å². The third kappa shape index (κ3) is 3.91. The van der Waals surface area contributed by atoms with Crippen molar-refractivity contribution in [2.45, 2.75) is 41.5 Å². The number of nitrogens with one attached hydrogen (secondary N) is 2. The van der Waals surface area contributed by atoms with Crippen LogP contribution >= 0.6 is 0 Å². The summed E-state index contributed by atoms with van der Waals surface area (Å²) < 4.78 is 0. The summed E-state index contributed by atoms with van der Waals surface area (Å²) in [6, 6.07) is 0. The van der Waals surface area contributed by atoms with Crippen LogP contribution < -0.4 is 11.0 Å². The molecule has 0 aromatic heterocycles. The van der Waals surface area contributed by atoms with E-state index in [0.29, 0.717) is 13.2 Å². The summed E-state index contributed by atoms with van der Waals surface area (Å²) in [6.45, 7) is 11.5. The van der Waals surface area contributed by atoms with Gasteiger partial charge in [0.2, 0.25) is 0 Å². The minimum atomic E-state index is -1.23. The number of hydrogen-bond acceptors (Lipinski definition) is 4. The van der Waals surface area contributed by atoms with Crippen LogP contribution in [-0.4, -0.2) is 25.0 Å². The molecule has 112 valence electrons. The van der Waals surface area contributed by atoms with Crippen molar-refractivity contribution in [3.63, 3.8) is 0 Å². The quantitative estimate of drug-likeness (QED) is 0.518. The highest BCUT2D eigenvalue weighted by Gasteiger charge is 2.51. The summed E-state index contributed by atoms with van der Waals surface area (Å²) >= 11 is 0. The highest BCUT2D eigenvalue weighted by molar-refractivity contribution is 6.05. The van der Waals surface area contributed by atoms with Gasteiger partial charge < -0.3 is 0 Å². The van der Waals surface area contributed by atoms with E-state index in [1.165, 1.54) is 0 Å². The smallest absolute Gasteiger partial charge is 0.259 e. The molecule has 0 saturated heterocycles. The maximum Gasteiger partial charge on any atom is 0.259 e. The zero-order chi connectivity index (χ0) is 15.1. The fourth-order valence-electron chi connectivity index (χ4n) is 2.26. The molecular formula is C13H26N2O4. The van der Waals surface area contributed by atoms with Gasteiger partial charge in [-0.15, -0.1) is 0 Å². The number of hydrogen-bond donors (Lipinski definition) is 2. The van der Waals surface area contributed by atoms with Crippen molar-refractivity contribution in [3.8, 4) is 0 Å². The van der Waals surface area contributed by atoms with E-state index in [0.717, 1.165) is 0 Å². The lowest BCUT2D eigenvalue weighted by Crippen LogP contribution is -2.57. The van der Waals surface area contributed by atoms with E-state index in [2.05, 4.69) is 11.0 Å². The van der Waals surface area contributed by atoms with Crippen LogP contribution in [0.15, 0.2) is 0 Å². The van der Waals surface area contributed by atoms with Gasteiger partial charge in [0.05, 0.1) is 13.2 Å². The molecule has 19 heavy (non-hydrogen) atoms. The van der Waals surface area contributed by atoms with E-state index >= 15 is 0 Å². The van der Waals surface area contributed by atoms with Crippen LogP contribution in [0.2, 0.25) is 0 Å². The second kappa shape index (κ2) is 8.12. The maximum absolute atomic E-state index is 12.4. The Balaban J connectivity index is 5.30. The Bertz CT molecular complexity index is 273. The third-order valence-electron chi connectivity index (χ3n) is 3.19. The van der Waals surface area contributed by atoms with Crippen LogP contribution in [0.4, 0.5) is 0 Å². The molecule has 0 aliphatic rings. The Kier molecular flexibility index (Phi) is 7.63. The fraction of sp³-hybridized carbons (Fsp3) is 0.846. The molecule has 0 aromatic carbocycles. The first-order valence-electron chi connectivity index (χ1n) is 6.69. The zero-order valence-electron chi connectivity index (χ0n) is 12.7. The number of rotatable bonds is 8. The van der Waals surface area contributed by atoms with Gasteiger partial charge in [0.15, 0.2) is 0 Å². The van der Waals surface area contributed by atoms with Gasteiger partial charge in [-0.2, -0.15) is 0 Å². The Labute approximate surface area is 115 Å². The minimum absolute atomic E-state index is 0.201. The van der Waals surface area contributed by atoms with Crippen molar-refractivity contribution in [2.24, 2.45) is 17.3 Å². The highest BCUT2D eigenvalue weighted by atomic mass is 16.7. The van der Waals surface area contributed by atoms with Gasteiger partial charge in [0, 0.05) is 0 Å². The molecule has 2 amide bonds. The Morgan fingerprint density at radius 2 is 1.21 bits per heavy atom. The summed E-state index contributed by atoms with van der Waals surface area (Å²) in [7, 11) is 0. The highest BCUT2D eigenvalue weighted by Crippen LogP contribution is 2.36. The Morgan fingerprint density at radius 3 is 1.42 bits per heavy atom. The fourth-order valence-corrected chi connectivity index (χ4v) is 2.26. The van der Waals surface area contributed by atoms with Crippen molar-refractivity contribution in [1.82, 2.24) is 11.0 Å². The van der Waals surface area contributed by atoms with Crippen molar-refractivity contribution in [1.29, 1.82) is 0 Å². The molecule has 0 saturated carbocycles. The molecule has 0 heterocycles. The predicted octanol–water partition coefficient (Wildman–Crippen LogP) is 1.42. The lowest BCUT2D eigenvalue weighted by atomic mass is 9.67. The normalized spacial score (nSPS) is 11.8. The van der Waals surface area contributed by atoms with Crippen LogP contribution in [-0.2, 0) is 19.3 Å². The van der Waals surface area contributed by atoms with Crippen LogP contribution in [0.25, 0.3) is 0 Å². The second-order valence-corrected chi connectivity index (χ2v) is 4.91. The van der Waals surface area contributed by atoms with Gasteiger partial charge in [0.1, 0.15) is 5.41 Å². The lowest BCUT2D eigenvalue weighted by Gasteiger charge is -2.37. The number of hydroxylamine groups is 2. The van der Waals surface area contributed by atoms with Gasteiger partial charge in [-0.3, -0.25) is 19.3 Å². The standard InChI is InChI=1S/C13H26N2O4/c1-7-18-14-11(16)13(9(3)4,10(5)6)12(17)15-19-8-2/h9-10H,7-8H2,1-6H3,(H,14,16)(H,15,17). The van der Waals surface area contributed by atoms with Gasteiger partial charge in [-0.05, 0) is 25.7 Å². The Hall–Kier alpha value is -1.14. The van der Waals surface area contributed by atoms with Crippen molar-refractivity contribution >= 4 is 11.8 Å². The first-order chi connectivity index (χ1) is 8.85. The second-order valence-electron chi connectivity index (χ2n) is 4.91. The molecule has 0 radical (unpaired) electrons. The van der Waals surface area contributed by atoms with E-state index in [1.807, 2.05) is 27.7 Å². The molecule has 0 unspecified atom stereocenters. The SMILES string of the molecule is CCONC(=O)C(C(=O)NOCC)(C(C)C)C(C)C. The third-order valence-corrected chi connectivity index (χ3v) is 3.19. The molecule has 0 rings (SSSR count). The molecular weight excluding hydrogens is 248 g/mol. The number of carbonyl (C=O) groups excluding carboxylic acids is 2. The van der Waals surface area contributed by atoms with Crippen molar-refractivity contribution < 1.29 is 19.3 Å². The minimum Gasteiger partial charge on any atom is -0.274 e. The average Bonchev–Trinajstić information content (AvgIpc) is 2.33. The monoisotopic (exact) mass is 274 g/mol. The van der Waals surface area contributed by atoms with Crippen LogP contribution in [0.3, 0.4) is 0 Å². The van der Waals surface area contributed by atoms with E-state index in [1.54, 1.807) is 13.8 Å². The van der Waals surface area contributed by atoms with Crippen LogP contribution in [0, 0.1) is 17.3 Å². The van der Waals surface area contributed by atoms with E-state index in [-0.39, 0.29) is 11.8 Å². The summed E-state index contributed by atoms with van der Waals surface area (Å²) in [5.74, 6) is -1.30. The van der Waals surface area contributed by atoms with E-state index < -0.39 is 17.2 Å².